The number of nitrogens with one attached hydrogen (secondary N) is 1. The van der Waals surface area contributed by atoms with Gasteiger partial charge in [-0.25, -0.2) is 14.3 Å². The minimum atomic E-state index is -0.250. The molecule has 0 aliphatic carbocycles. The van der Waals surface area contributed by atoms with E-state index in [1.165, 1.54) is 0 Å². The second-order valence-corrected chi connectivity index (χ2v) is 7.21. The zero-order valence-electron chi connectivity index (χ0n) is 15.5. The molecule has 0 aliphatic heterocycles. The Morgan fingerprint density at radius 2 is 2.04 bits per heavy atom. The van der Waals surface area contributed by atoms with E-state index in [1.807, 2.05) is 42.8 Å². The molecule has 0 saturated heterocycles. The number of benzene rings is 1. The lowest BCUT2D eigenvalue weighted by molar-refractivity contribution is 0.102. The Kier molecular flexibility index (Phi) is 4.83. The first-order valence-electron chi connectivity index (χ1n) is 8.92. The monoisotopic (exact) mass is 394 g/mol. The van der Waals surface area contributed by atoms with Crippen LogP contribution in [-0.4, -0.2) is 30.5 Å². The summed E-state index contributed by atoms with van der Waals surface area (Å²) >= 11 is 6.04. The highest BCUT2D eigenvalue weighted by molar-refractivity contribution is 6.30. The number of carbonyl (C=O) groups excluding carboxylic acids is 1. The van der Waals surface area contributed by atoms with Crippen LogP contribution >= 0.6 is 11.6 Å². The number of pyridine rings is 1. The summed E-state index contributed by atoms with van der Waals surface area (Å²) < 4.78 is 3.55. The number of halogens is 1. The van der Waals surface area contributed by atoms with Crippen molar-refractivity contribution in [2.45, 2.75) is 26.4 Å². The van der Waals surface area contributed by atoms with Gasteiger partial charge in [0.25, 0.3) is 5.91 Å². The standard InChI is InChI=1S/C20H19ClN6O/c1-13(2)27-19-15(11-24-27)9-16(10-22-19)20(28)25-18-6-7-23-26(18)12-14-4-3-5-17(21)8-14/h3-11,13H,12H2,1-2H3,(H,25,28). The third-order valence-corrected chi connectivity index (χ3v) is 4.60. The van der Waals surface area contributed by atoms with Gasteiger partial charge in [0.15, 0.2) is 5.65 Å². The van der Waals surface area contributed by atoms with E-state index in [2.05, 4.69) is 20.5 Å². The lowest BCUT2D eigenvalue weighted by Crippen LogP contribution is -2.16. The van der Waals surface area contributed by atoms with Crippen LogP contribution < -0.4 is 5.32 Å². The van der Waals surface area contributed by atoms with Gasteiger partial charge < -0.3 is 5.32 Å². The summed E-state index contributed by atoms with van der Waals surface area (Å²) in [4.78, 5) is 17.1. The van der Waals surface area contributed by atoms with Crippen LogP contribution in [0.1, 0.15) is 35.8 Å². The largest absolute Gasteiger partial charge is 0.307 e. The molecule has 0 atom stereocenters. The second kappa shape index (κ2) is 7.44. The summed E-state index contributed by atoms with van der Waals surface area (Å²) in [5.74, 6) is 0.350. The van der Waals surface area contributed by atoms with E-state index in [0.29, 0.717) is 22.9 Å². The molecular formula is C20H19ClN6O. The van der Waals surface area contributed by atoms with E-state index in [0.717, 1.165) is 16.6 Å². The van der Waals surface area contributed by atoms with Crippen molar-refractivity contribution in [2.24, 2.45) is 0 Å². The van der Waals surface area contributed by atoms with E-state index >= 15 is 0 Å². The summed E-state index contributed by atoms with van der Waals surface area (Å²) in [5.41, 5.74) is 2.22. The van der Waals surface area contributed by atoms with E-state index in [-0.39, 0.29) is 11.9 Å². The van der Waals surface area contributed by atoms with Crippen LogP contribution in [0.2, 0.25) is 5.02 Å². The first-order valence-corrected chi connectivity index (χ1v) is 9.30. The van der Waals surface area contributed by atoms with E-state index in [4.69, 9.17) is 11.6 Å². The summed E-state index contributed by atoms with van der Waals surface area (Å²) in [5, 5.41) is 13.0. The quantitative estimate of drug-likeness (QED) is 0.551. The molecule has 4 rings (SSSR count). The third kappa shape index (κ3) is 3.61. The minimum Gasteiger partial charge on any atom is -0.307 e. The Hall–Kier alpha value is -3.19. The van der Waals surface area contributed by atoms with Crippen molar-refractivity contribution in [2.75, 3.05) is 5.32 Å². The molecular weight excluding hydrogens is 376 g/mol. The molecule has 1 N–H and O–H groups in total. The van der Waals surface area contributed by atoms with Crippen molar-refractivity contribution in [3.05, 3.63) is 71.1 Å². The summed E-state index contributed by atoms with van der Waals surface area (Å²) in [6.45, 7) is 4.58. The highest BCUT2D eigenvalue weighted by Crippen LogP contribution is 2.18. The maximum Gasteiger partial charge on any atom is 0.258 e. The van der Waals surface area contributed by atoms with E-state index in [9.17, 15) is 4.79 Å². The maximum absolute atomic E-state index is 12.7. The summed E-state index contributed by atoms with van der Waals surface area (Å²) in [7, 11) is 0. The van der Waals surface area contributed by atoms with Gasteiger partial charge in [-0.15, -0.1) is 0 Å². The van der Waals surface area contributed by atoms with Gasteiger partial charge in [-0.1, -0.05) is 23.7 Å². The molecule has 3 heterocycles. The number of nitrogens with zero attached hydrogens (tertiary/aromatic N) is 5. The molecule has 4 aromatic rings. The molecule has 0 aliphatic rings. The molecule has 3 aromatic heterocycles. The van der Waals surface area contributed by atoms with Crippen molar-refractivity contribution >= 4 is 34.4 Å². The smallest absolute Gasteiger partial charge is 0.258 e. The zero-order valence-corrected chi connectivity index (χ0v) is 16.3. The van der Waals surface area contributed by atoms with Gasteiger partial charge in [0.2, 0.25) is 0 Å². The summed E-state index contributed by atoms with van der Waals surface area (Å²) in [6.07, 6.45) is 4.94. The molecule has 0 saturated carbocycles. The van der Waals surface area contributed by atoms with Gasteiger partial charge in [-0.3, -0.25) is 4.79 Å². The van der Waals surface area contributed by atoms with Gasteiger partial charge >= 0.3 is 0 Å². The van der Waals surface area contributed by atoms with Crippen molar-refractivity contribution < 1.29 is 4.79 Å². The van der Waals surface area contributed by atoms with E-state index < -0.39 is 0 Å². The fourth-order valence-electron chi connectivity index (χ4n) is 3.00. The average Bonchev–Trinajstić information content (AvgIpc) is 3.28. The maximum atomic E-state index is 12.7. The fraction of sp³-hybridized carbons (Fsp3) is 0.200. The lowest BCUT2D eigenvalue weighted by Gasteiger charge is -2.10. The molecule has 142 valence electrons. The third-order valence-electron chi connectivity index (χ3n) is 4.36. The molecule has 0 unspecified atom stereocenters. The van der Waals surface area contributed by atoms with Crippen LogP contribution in [0.5, 0.6) is 0 Å². The zero-order chi connectivity index (χ0) is 19.7. The first-order chi connectivity index (χ1) is 13.5. The molecule has 0 radical (unpaired) electrons. The van der Waals surface area contributed by atoms with Gasteiger partial charge in [0.1, 0.15) is 5.82 Å². The van der Waals surface area contributed by atoms with Gasteiger partial charge in [0, 0.05) is 28.7 Å². The summed E-state index contributed by atoms with van der Waals surface area (Å²) in [6, 6.07) is 11.3. The number of amides is 1. The molecule has 0 bridgehead atoms. The number of anilines is 1. The van der Waals surface area contributed by atoms with E-state index in [1.54, 1.807) is 35.4 Å². The van der Waals surface area contributed by atoms with Crippen LogP contribution in [0.4, 0.5) is 5.82 Å². The number of aromatic nitrogens is 5. The predicted octanol–water partition coefficient (Wildman–Crippen LogP) is 4.16. The van der Waals surface area contributed by atoms with Crippen LogP contribution in [0, 0.1) is 0 Å². The lowest BCUT2D eigenvalue weighted by atomic mass is 10.2. The number of hydrogen-bond donors (Lipinski definition) is 1. The van der Waals surface area contributed by atoms with Gasteiger partial charge in [-0.05, 0) is 37.6 Å². The molecule has 1 amide bonds. The van der Waals surface area contributed by atoms with Crippen LogP contribution in [0.15, 0.2) is 55.0 Å². The Morgan fingerprint density at radius 1 is 1.18 bits per heavy atom. The first kappa shape index (κ1) is 18.2. The van der Waals surface area contributed by atoms with Crippen molar-refractivity contribution in [1.82, 2.24) is 24.5 Å². The second-order valence-electron chi connectivity index (χ2n) is 6.78. The molecule has 0 spiro atoms. The van der Waals surface area contributed by atoms with Gasteiger partial charge in [-0.2, -0.15) is 10.2 Å². The number of rotatable bonds is 5. The Bertz CT molecular complexity index is 1150. The SMILES string of the molecule is CC(C)n1ncc2cc(C(=O)Nc3ccnn3Cc3cccc(Cl)c3)cnc21. The van der Waals surface area contributed by atoms with Crippen molar-refractivity contribution in [3.63, 3.8) is 0 Å². The highest BCUT2D eigenvalue weighted by atomic mass is 35.5. The molecule has 28 heavy (non-hydrogen) atoms. The molecule has 7 nitrogen and oxygen atoms in total. The topological polar surface area (TPSA) is 77.6 Å². The van der Waals surface area contributed by atoms with Gasteiger partial charge in [0.05, 0.1) is 24.5 Å². The van der Waals surface area contributed by atoms with Crippen molar-refractivity contribution in [1.29, 1.82) is 0 Å². The fourth-order valence-corrected chi connectivity index (χ4v) is 3.22. The number of hydrogen-bond acceptors (Lipinski definition) is 4. The normalized spacial score (nSPS) is 11.3. The Labute approximate surface area is 167 Å². The minimum absolute atomic E-state index is 0.200. The van der Waals surface area contributed by atoms with Crippen LogP contribution in [-0.2, 0) is 6.54 Å². The van der Waals surface area contributed by atoms with Crippen LogP contribution in [0.25, 0.3) is 11.0 Å². The Balaban J connectivity index is 1.54. The molecule has 0 fully saturated rings. The predicted molar refractivity (Wildman–Crippen MR) is 109 cm³/mol. The number of fused-ring (bicyclic) bond motifs is 1. The van der Waals surface area contributed by atoms with Crippen molar-refractivity contribution in [3.8, 4) is 0 Å². The molecule has 8 heteroatoms. The van der Waals surface area contributed by atoms with Crippen LogP contribution in [0.3, 0.4) is 0 Å². The Morgan fingerprint density at radius 3 is 2.82 bits per heavy atom. The average molecular weight is 395 g/mol. The number of carbonyl (C=O) groups is 1. The highest BCUT2D eigenvalue weighted by Gasteiger charge is 2.14. The molecule has 1 aromatic carbocycles.